The topological polar surface area (TPSA) is 187 Å². The highest BCUT2D eigenvalue weighted by Crippen LogP contribution is 2.46. The lowest BCUT2D eigenvalue weighted by molar-refractivity contribution is -0.148. The zero-order valence-electron chi connectivity index (χ0n) is 33.4. The Morgan fingerprint density at radius 1 is 0.983 bits per heavy atom. The number of carbonyl (C=O) groups is 5. The summed E-state index contributed by atoms with van der Waals surface area (Å²) in [5, 5.41) is 11.6. The van der Waals surface area contributed by atoms with Gasteiger partial charge in [-0.2, -0.15) is 0 Å². The van der Waals surface area contributed by atoms with Crippen molar-refractivity contribution in [2.75, 3.05) is 26.1 Å². The Balaban J connectivity index is 1.20. The number of allylic oxidation sites excluding steroid dienone is 1. The molecule has 4 amide bonds. The number of pyridine rings is 1. The maximum atomic E-state index is 14.6. The van der Waals surface area contributed by atoms with Gasteiger partial charge in [0.05, 0.1) is 32.0 Å². The number of methoxy groups -OCH3 is 2. The first-order valence-electron chi connectivity index (χ1n) is 20.2. The summed E-state index contributed by atoms with van der Waals surface area (Å²) >= 11 is 1.28. The first kappa shape index (κ1) is 40.9. The number of nitrogens with one attached hydrogen (secondary N) is 3. The third-order valence-electron chi connectivity index (χ3n) is 11.5. The minimum Gasteiger partial charge on any atom is -0.497 e. The van der Waals surface area contributed by atoms with Crippen LogP contribution in [0.4, 0.5) is 9.93 Å². The standard InChI is InChI=1S/C42H52N6O9S/c1-24(2)36(49)46-40-44-33(23-58-40)32-20-35(29-17-16-27(54-3)18-31(29)43-32)56-28-19-34-37(50)47-42(39(52)55-4)21-25(42)12-8-6-5-7-9-15-30(38(51)48(34)22-28)45-41(53)57-26-13-10-11-14-26/h8,12,16-18,20,23-26,28,30,34H,5-7,9-11,13-15,19,21-22H2,1-4H3,(H,45,53)(H,47,50)(H,44,46,49)/b12-8-/t25-,28-,30+,34+,42-/m1/s1. The van der Waals surface area contributed by atoms with Crippen LogP contribution in [0.5, 0.6) is 11.5 Å². The molecule has 4 heterocycles. The lowest BCUT2D eigenvalue weighted by Crippen LogP contribution is -2.56. The molecular formula is C42H52N6O9S. The number of alkyl carbamates (subject to hydrolysis) is 1. The predicted octanol–water partition coefficient (Wildman–Crippen LogP) is 5.92. The van der Waals surface area contributed by atoms with E-state index in [9.17, 15) is 24.0 Å². The molecule has 15 nitrogen and oxygen atoms in total. The van der Waals surface area contributed by atoms with Gasteiger partial charge >= 0.3 is 12.1 Å². The third-order valence-corrected chi connectivity index (χ3v) is 12.2. The molecule has 0 spiro atoms. The van der Waals surface area contributed by atoms with E-state index in [1.54, 1.807) is 44.5 Å². The molecule has 58 heavy (non-hydrogen) atoms. The van der Waals surface area contributed by atoms with E-state index in [2.05, 4.69) is 20.9 Å². The average Bonchev–Trinajstić information content (AvgIpc) is 3.65. The van der Waals surface area contributed by atoms with Gasteiger partial charge < -0.3 is 39.8 Å². The molecule has 1 aromatic carbocycles. The van der Waals surface area contributed by atoms with Gasteiger partial charge in [-0.05, 0) is 63.5 Å². The minimum absolute atomic E-state index is 0.0265. The molecule has 0 bridgehead atoms. The summed E-state index contributed by atoms with van der Waals surface area (Å²) in [5.74, 6) is -1.07. The number of nitrogens with zero attached hydrogens (tertiary/aromatic N) is 3. The Morgan fingerprint density at radius 2 is 1.78 bits per heavy atom. The molecule has 0 radical (unpaired) electrons. The quantitative estimate of drug-likeness (QED) is 0.172. The summed E-state index contributed by atoms with van der Waals surface area (Å²) in [5.41, 5.74) is 0.324. The number of thiazole rings is 1. The first-order chi connectivity index (χ1) is 28.0. The van der Waals surface area contributed by atoms with Gasteiger partial charge in [0.25, 0.3) is 0 Å². The van der Waals surface area contributed by atoms with Crippen LogP contribution >= 0.6 is 11.3 Å². The van der Waals surface area contributed by atoms with E-state index in [0.29, 0.717) is 58.2 Å². The molecule has 0 unspecified atom stereocenters. The van der Waals surface area contributed by atoms with E-state index >= 15 is 0 Å². The number of fused-ring (bicyclic) bond motifs is 3. The van der Waals surface area contributed by atoms with Crippen molar-refractivity contribution in [1.29, 1.82) is 0 Å². The van der Waals surface area contributed by atoms with Crippen molar-refractivity contribution in [3.8, 4) is 22.9 Å². The normalized spacial score (nSPS) is 25.8. The number of rotatable bonds is 9. The van der Waals surface area contributed by atoms with Crippen LogP contribution in [0.1, 0.15) is 84.5 Å². The fourth-order valence-corrected chi connectivity index (χ4v) is 8.77. The number of ether oxygens (including phenoxy) is 4. The van der Waals surface area contributed by atoms with Crippen LogP contribution in [0, 0.1) is 11.8 Å². The predicted molar refractivity (Wildman–Crippen MR) is 216 cm³/mol. The van der Waals surface area contributed by atoms with E-state index in [0.717, 1.165) is 44.9 Å². The van der Waals surface area contributed by atoms with E-state index in [1.807, 2.05) is 18.2 Å². The van der Waals surface area contributed by atoms with Gasteiger partial charge in [-0.25, -0.2) is 19.6 Å². The van der Waals surface area contributed by atoms with E-state index in [1.165, 1.54) is 23.3 Å². The zero-order chi connectivity index (χ0) is 41.0. The molecule has 2 saturated carbocycles. The van der Waals surface area contributed by atoms with Gasteiger partial charge in [0.1, 0.15) is 47.0 Å². The molecule has 16 heteroatoms. The molecule has 2 aromatic heterocycles. The fourth-order valence-electron chi connectivity index (χ4n) is 8.06. The van der Waals surface area contributed by atoms with Crippen molar-refractivity contribution in [2.24, 2.45) is 11.8 Å². The second-order valence-electron chi connectivity index (χ2n) is 15.9. The van der Waals surface area contributed by atoms with Crippen LogP contribution in [0.25, 0.3) is 22.3 Å². The van der Waals surface area contributed by atoms with Gasteiger partial charge in [0.15, 0.2) is 5.13 Å². The second kappa shape index (κ2) is 17.7. The molecule has 3 fully saturated rings. The average molecular weight is 817 g/mol. The van der Waals surface area contributed by atoms with Crippen LogP contribution in [-0.4, -0.2) is 95.2 Å². The van der Waals surface area contributed by atoms with Crippen LogP contribution in [-0.2, 0) is 28.7 Å². The number of aromatic nitrogens is 2. The minimum atomic E-state index is -1.24. The highest BCUT2D eigenvalue weighted by Gasteiger charge is 2.62. The van der Waals surface area contributed by atoms with Gasteiger partial charge in [0, 0.05) is 41.2 Å². The number of anilines is 1. The summed E-state index contributed by atoms with van der Waals surface area (Å²) < 4.78 is 23.1. The summed E-state index contributed by atoms with van der Waals surface area (Å²) in [6.45, 7) is 3.63. The fraction of sp³-hybridized carbons (Fsp3) is 0.548. The molecule has 5 atom stereocenters. The Bertz CT molecular complexity index is 2060. The maximum Gasteiger partial charge on any atom is 0.408 e. The van der Waals surface area contributed by atoms with Crippen LogP contribution < -0.4 is 25.4 Å². The zero-order valence-corrected chi connectivity index (χ0v) is 34.2. The van der Waals surface area contributed by atoms with E-state index in [4.69, 9.17) is 23.9 Å². The van der Waals surface area contributed by atoms with Gasteiger partial charge in [-0.1, -0.05) is 38.8 Å². The molecule has 7 rings (SSSR count). The van der Waals surface area contributed by atoms with E-state index < -0.39 is 47.6 Å². The molecule has 4 aliphatic rings. The van der Waals surface area contributed by atoms with Crippen molar-refractivity contribution in [2.45, 2.75) is 114 Å². The lowest BCUT2D eigenvalue weighted by Gasteiger charge is -2.29. The number of hydrogen-bond acceptors (Lipinski definition) is 12. The van der Waals surface area contributed by atoms with Crippen molar-refractivity contribution in [3.05, 3.63) is 41.8 Å². The summed E-state index contributed by atoms with van der Waals surface area (Å²) in [7, 11) is 2.86. The number of amides is 4. The van der Waals surface area contributed by atoms with Crippen molar-refractivity contribution in [3.63, 3.8) is 0 Å². The molecule has 310 valence electrons. The molecule has 3 N–H and O–H groups in total. The van der Waals surface area contributed by atoms with Crippen LogP contribution in [0.2, 0.25) is 0 Å². The lowest BCUT2D eigenvalue weighted by atomic mass is 10.0. The second-order valence-corrected chi connectivity index (χ2v) is 16.7. The first-order valence-corrected chi connectivity index (χ1v) is 21.1. The summed E-state index contributed by atoms with van der Waals surface area (Å²) in [6, 6.07) is 5.20. The highest BCUT2D eigenvalue weighted by molar-refractivity contribution is 7.14. The van der Waals surface area contributed by atoms with Gasteiger partial charge in [0.2, 0.25) is 17.7 Å². The Morgan fingerprint density at radius 3 is 2.53 bits per heavy atom. The van der Waals surface area contributed by atoms with Crippen molar-refractivity contribution in [1.82, 2.24) is 25.5 Å². The van der Waals surface area contributed by atoms with Crippen LogP contribution in [0.3, 0.4) is 0 Å². The van der Waals surface area contributed by atoms with Crippen molar-refractivity contribution >= 4 is 57.2 Å². The Hall–Kier alpha value is -5.25. The van der Waals surface area contributed by atoms with Gasteiger partial charge in [-0.15, -0.1) is 11.3 Å². The monoisotopic (exact) mass is 816 g/mol. The number of benzene rings is 1. The Labute approximate surface area is 341 Å². The summed E-state index contributed by atoms with van der Waals surface area (Å²) in [4.78, 5) is 78.7. The smallest absolute Gasteiger partial charge is 0.408 e. The third kappa shape index (κ3) is 9.06. The maximum absolute atomic E-state index is 14.6. The molecule has 3 aromatic rings. The largest absolute Gasteiger partial charge is 0.497 e. The molecular weight excluding hydrogens is 765 g/mol. The molecule has 2 aliphatic heterocycles. The molecule has 1 saturated heterocycles. The molecule has 2 aliphatic carbocycles. The SMILES string of the molecule is COC(=O)[C@@]12C[C@H]1/C=C\CCCCC[C@H](NC(=O)OC1CCCC1)C(=O)N1C[C@H](Oc3cc(-c4csc(NC(=O)C(C)C)n4)nc4cc(OC)ccc34)C[C@H]1C(=O)N2. The number of esters is 1. The summed E-state index contributed by atoms with van der Waals surface area (Å²) in [6.07, 6.45) is 10.00. The number of carbonyl (C=O) groups excluding carboxylic acids is 5. The Kier molecular flexibility index (Phi) is 12.5. The van der Waals surface area contributed by atoms with Crippen LogP contribution in [0.15, 0.2) is 41.8 Å². The van der Waals surface area contributed by atoms with Crippen molar-refractivity contribution < 1.29 is 42.9 Å². The van der Waals surface area contributed by atoms with Gasteiger partial charge in [-0.3, -0.25) is 14.4 Å². The number of hydrogen-bond donors (Lipinski definition) is 3. The highest BCUT2D eigenvalue weighted by atomic mass is 32.1. The van der Waals surface area contributed by atoms with E-state index in [-0.39, 0.29) is 36.8 Å².